The smallest absolute Gasteiger partial charge is 0.387 e. The van der Waals surface area contributed by atoms with Gasteiger partial charge >= 0.3 is 29.2 Å². The fourth-order valence-corrected chi connectivity index (χ4v) is 7.94. The second-order valence-corrected chi connectivity index (χ2v) is 15.5. The Hall–Kier alpha value is -2.34. The van der Waals surface area contributed by atoms with Crippen LogP contribution < -0.4 is 11.2 Å². The van der Waals surface area contributed by atoms with Gasteiger partial charge in [-0.1, -0.05) is 34.9 Å². The Labute approximate surface area is 268 Å². The molecular weight excluding hydrogens is 689 g/mol. The lowest BCUT2D eigenvalue weighted by atomic mass is 10.0. The molecule has 1 aliphatic heterocycles. The summed E-state index contributed by atoms with van der Waals surface area (Å²) < 4.78 is 55.3. The van der Waals surface area contributed by atoms with Crippen molar-refractivity contribution in [3.63, 3.8) is 0 Å². The van der Waals surface area contributed by atoms with Gasteiger partial charge in [-0.3, -0.25) is 23.9 Å². The van der Waals surface area contributed by atoms with Crippen LogP contribution in [-0.2, 0) is 31.6 Å². The first-order valence-electron chi connectivity index (χ1n) is 14.2. The van der Waals surface area contributed by atoms with Crippen LogP contribution in [0, 0.1) is 0 Å². The number of hydrogen-bond donors (Lipinski definition) is 8. The van der Waals surface area contributed by atoms with Crippen LogP contribution in [0.4, 0.5) is 0 Å². The molecule has 0 aromatic carbocycles. The van der Waals surface area contributed by atoms with Gasteiger partial charge in [0, 0.05) is 0 Å². The lowest BCUT2D eigenvalue weighted by Gasteiger charge is -2.27. The molecule has 2 aromatic rings. The summed E-state index contributed by atoms with van der Waals surface area (Å²) in [4.78, 5) is 69.7. The monoisotopic (exact) mass is 728 g/mol. The Balaban J connectivity index is 1.86. The normalized spacial score (nSPS) is 24.2. The van der Waals surface area contributed by atoms with Gasteiger partial charge in [0.2, 0.25) is 0 Å². The van der Waals surface area contributed by atoms with Gasteiger partial charge in [-0.05, 0) is 59.8 Å². The number of rotatable bonds is 16. The van der Waals surface area contributed by atoms with E-state index in [2.05, 4.69) is 30.7 Å². The van der Waals surface area contributed by atoms with Gasteiger partial charge in [0.25, 0.3) is 5.56 Å². The van der Waals surface area contributed by atoms with E-state index in [1.54, 1.807) is 13.0 Å². The number of ether oxygens (including phenoxy) is 1. The molecule has 8 N–H and O–H groups in total. The Bertz CT molecular complexity index is 1770. The molecule has 3 heterocycles. The number of aliphatic hydroxyl groups excluding tert-OH is 2. The van der Waals surface area contributed by atoms with Gasteiger partial charge in [0.1, 0.15) is 30.1 Å². The average Bonchev–Trinajstić information content (AvgIpc) is 3.44. The van der Waals surface area contributed by atoms with Gasteiger partial charge in [0.05, 0.1) is 6.33 Å². The summed E-state index contributed by atoms with van der Waals surface area (Å²) >= 11 is 0. The highest BCUT2D eigenvalue weighted by molar-refractivity contribution is 7.66. The molecule has 22 heteroatoms. The molecule has 1 fully saturated rings. The molecule has 2 aromatic heterocycles. The van der Waals surface area contributed by atoms with E-state index in [-0.39, 0.29) is 17.6 Å². The lowest BCUT2D eigenvalue weighted by Crippen LogP contribution is -2.39. The van der Waals surface area contributed by atoms with Crippen molar-refractivity contribution in [3.8, 4) is 0 Å². The lowest BCUT2D eigenvalue weighted by molar-refractivity contribution is -0.0798. The summed E-state index contributed by atoms with van der Waals surface area (Å²) in [6, 6.07) is 0. The first-order valence-corrected chi connectivity index (χ1v) is 18.7. The molecule has 0 bridgehead atoms. The van der Waals surface area contributed by atoms with Crippen LogP contribution in [-0.4, -0.2) is 73.7 Å². The van der Waals surface area contributed by atoms with Crippen molar-refractivity contribution in [2.75, 3.05) is 0 Å². The Morgan fingerprint density at radius 1 is 0.936 bits per heavy atom. The SMILES string of the molecule is CC(C)=CCCC(C)=CCCC(C)=CCC(OP(=O)(O)OP(=O)(O)OP(=O)(O)O)[C@H]1O[C@@H](n2cnc3c(=O)[nH]c(=O)[nH]c32)[C@H](O)[C@@H]1O. The fourth-order valence-electron chi connectivity index (χ4n) is 4.73. The largest absolute Gasteiger partial charge is 0.490 e. The second-order valence-electron chi connectivity index (χ2n) is 11.2. The molecule has 0 saturated carbocycles. The van der Waals surface area contributed by atoms with Crippen LogP contribution in [0.15, 0.2) is 50.9 Å². The topological polar surface area (TPSA) is 293 Å². The van der Waals surface area contributed by atoms with Crippen molar-refractivity contribution >= 4 is 34.6 Å². The molecule has 0 spiro atoms. The molecule has 3 rings (SSSR count). The maximum atomic E-state index is 12.8. The third kappa shape index (κ3) is 11.6. The van der Waals surface area contributed by atoms with Gasteiger partial charge in [-0.25, -0.2) is 23.5 Å². The van der Waals surface area contributed by atoms with Crippen molar-refractivity contribution in [2.45, 2.75) is 90.4 Å². The van der Waals surface area contributed by atoms with E-state index >= 15 is 0 Å². The highest BCUT2D eigenvalue weighted by atomic mass is 31.3. The number of hydrogen-bond acceptors (Lipinski definition) is 12. The molecule has 3 unspecified atom stereocenters. The number of phosphoric acid groups is 3. The summed E-state index contributed by atoms with van der Waals surface area (Å²) in [6.45, 7) is 7.80. The van der Waals surface area contributed by atoms with Crippen molar-refractivity contribution in [1.82, 2.24) is 19.5 Å². The maximum absolute atomic E-state index is 12.8. The quantitative estimate of drug-likeness (QED) is 0.0910. The van der Waals surface area contributed by atoms with E-state index in [1.807, 2.05) is 25.8 Å². The predicted octanol–water partition coefficient (Wildman–Crippen LogP) is 2.55. The van der Waals surface area contributed by atoms with Gasteiger partial charge in [0.15, 0.2) is 11.7 Å². The highest BCUT2D eigenvalue weighted by Crippen LogP contribution is 2.67. The van der Waals surface area contributed by atoms with Crippen LogP contribution in [0.1, 0.15) is 66.0 Å². The molecule has 7 atom stereocenters. The zero-order valence-corrected chi connectivity index (χ0v) is 28.5. The fraction of sp³-hybridized carbons (Fsp3) is 0.560. The van der Waals surface area contributed by atoms with Gasteiger partial charge in [-0.2, -0.15) is 8.62 Å². The first kappa shape index (κ1) is 39.1. The van der Waals surface area contributed by atoms with Crippen LogP contribution in [0.25, 0.3) is 11.2 Å². The second kappa shape index (κ2) is 15.9. The molecule has 1 saturated heterocycles. The molecular formula is C25H39N4O15P3. The number of aromatic nitrogens is 4. The van der Waals surface area contributed by atoms with Crippen LogP contribution in [0.5, 0.6) is 0 Å². The minimum Gasteiger partial charge on any atom is -0.387 e. The molecule has 19 nitrogen and oxygen atoms in total. The number of aliphatic hydroxyl groups is 2. The summed E-state index contributed by atoms with van der Waals surface area (Å²) in [7, 11) is -17.2. The number of H-pyrrole nitrogens is 2. The summed E-state index contributed by atoms with van der Waals surface area (Å²) in [5, 5.41) is 21.8. The molecule has 264 valence electrons. The van der Waals surface area contributed by atoms with Crippen LogP contribution in [0.3, 0.4) is 0 Å². The average molecular weight is 729 g/mol. The van der Waals surface area contributed by atoms with E-state index in [1.165, 1.54) is 11.1 Å². The van der Waals surface area contributed by atoms with Crippen molar-refractivity contribution in [1.29, 1.82) is 0 Å². The third-order valence-electron chi connectivity index (χ3n) is 6.89. The molecule has 0 radical (unpaired) electrons. The predicted molar refractivity (Wildman–Crippen MR) is 166 cm³/mol. The number of allylic oxidation sites excluding steroid dienone is 5. The first-order chi connectivity index (χ1) is 21.7. The standard InChI is InChI=1S/C25H39N4O15P3/c1-14(2)7-5-8-15(3)9-6-10-16(4)11-12-17(42-46(37,38)44-47(39,40)43-45(34,35)36)21-19(30)20(31)24(41-21)29-13-26-18-22(29)27-25(33)28-23(18)32/h7,9,11,13,17,19-21,24,30-31H,5-6,8,10,12H2,1-4H3,(H,37,38)(H,39,40)(H2,34,35,36)(H2,27,28,32,33)/t17?,19-,20+,21+,24+/m0/s1. The summed E-state index contributed by atoms with van der Waals surface area (Å²) in [6.07, 6.45) is 0.931. The number of nitrogens with zero attached hydrogens (tertiary/aromatic N) is 2. The van der Waals surface area contributed by atoms with E-state index in [4.69, 9.17) is 19.0 Å². The zero-order valence-electron chi connectivity index (χ0n) is 25.8. The molecule has 0 amide bonds. The number of imidazole rings is 1. The number of phosphoric ester groups is 1. The van der Waals surface area contributed by atoms with Crippen LogP contribution in [0.2, 0.25) is 0 Å². The Morgan fingerprint density at radius 3 is 2.17 bits per heavy atom. The number of fused-ring (bicyclic) bond motifs is 1. The zero-order chi connectivity index (χ0) is 35.3. The Morgan fingerprint density at radius 2 is 1.55 bits per heavy atom. The highest BCUT2D eigenvalue weighted by Gasteiger charge is 2.50. The van der Waals surface area contributed by atoms with Gasteiger partial charge < -0.3 is 34.5 Å². The van der Waals surface area contributed by atoms with Crippen molar-refractivity contribution in [3.05, 3.63) is 62.1 Å². The summed E-state index contributed by atoms with van der Waals surface area (Å²) in [5.74, 6) is 0. The van der Waals surface area contributed by atoms with Crippen LogP contribution >= 0.6 is 23.5 Å². The summed E-state index contributed by atoms with van der Waals surface area (Å²) in [5.41, 5.74) is 0.997. The maximum Gasteiger partial charge on any atom is 0.490 e. The number of nitrogens with one attached hydrogen (secondary N) is 2. The van der Waals surface area contributed by atoms with Crippen molar-refractivity contribution in [2.24, 2.45) is 0 Å². The molecule has 47 heavy (non-hydrogen) atoms. The number of aromatic amines is 2. The van der Waals surface area contributed by atoms with E-state index in [0.717, 1.165) is 29.3 Å². The van der Waals surface area contributed by atoms with Gasteiger partial charge in [-0.15, -0.1) is 0 Å². The third-order valence-corrected chi connectivity index (χ3v) is 10.8. The van der Waals surface area contributed by atoms with E-state index in [0.29, 0.717) is 12.8 Å². The minimum absolute atomic E-state index is 0.181. The van der Waals surface area contributed by atoms with E-state index < -0.39 is 65.4 Å². The molecule has 0 aliphatic carbocycles. The minimum atomic E-state index is -5.87. The molecule has 1 aliphatic rings. The Kier molecular flexibility index (Phi) is 13.2. The van der Waals surface area contributed by atoms with E-state index in [9.17, 15) is 43.3 Å². The van der Waals surface area contributed by atoms with Crippen molar-refractivity contribution < 1.29 is 61.4 Å².